The summed E-state index contributed by atoms with van der Waals surface area (Å²) in [6, 6.07) is 0. The Bertz CT molecular complexity index is 755. The Balaban J connectivity index is 3.41. The standard InChI is InChI=1S/C8H16N6O10S2/c15-1-13(3-25(19,20)21)6-9-5(11-8(17)18)10-7(12-6)14(2-16)4-26(22,23)24/h8,15-18H,1-4H2,(H,19,20,21)(H,22,23,24)(H,9,10,11,12). The van der Waals surface area contributed by atoms with Gasteiger partial charge in [0.05, 0.1) is 0 Å². The summed E-state index contributed by atoms with van der Waals surface area (Å²) in [6.45, 7) is -2.05. The number of aliphatic hydroxyl groups is 4. The van der Waals surface area contributed by atoms with Crippen LogP contribution < -0.4 is 15.1 Å². The van der Waals surface area contributed by atoms with Gasteiger partial charge in [0.15, 0.2) is 11.8 Å². The van der Waals surface area contributed by atoms with Gasteiger partial charge >= 0.3 is 0 Å². The highest BCUT2D eigenvalue weighted by Crippen LogP contribution is 2.17. The second-order valence-corrected chi connectivity index (χ2v) is 7.41. The minimum atomic E-state index is -4.64. The lowest BCUT2D eigenvalue weighted by Gasteiger charge is -2.23. The van der Waals surface area contributed by atoms with E-state index in [1.165, 1.54) is 0 Å². The van der Waals surface area contributed by atoms with Crippen molar-refractivity contribution in [2.75, 3.05) is 40.3 Å². The SMILES string of the molecule is O=S(=O)(O)CN(CO)c1nc(NC(O)O)nc(N(CO)CS(=O)(=O)O)n1. The van der Waals surface area contributed by atoms with E-state index in [1.54, 1.807) is 0 Å². The molecule has 0 radical (unpaired) electrons. The third kappa shape index (κ3) is 7.53. The van der Waals surface area contributed by atoms with Crippen LogP contribution in [0.2, 0.25) is 0 Å². The van der Waals surface area contributed by atoms with Crippen LogP contribution in [0.15, 0.2) is 0 Å². The van der Waals surface area contributed by atoms with Crippen LogP contribution >= 0.6 is 0 Å². The highest BCUT2D eigenvalue weighted by atomic mass is 32.2. The summed E-state index contributed by atoms with van der Waals surface area (Å²) < 4.78 is 61.6. The fourth-order valence-corrected chi connectivity index (χ4v) is 2.72. The number of aliphatic hydroxyl groups excluding tert-OH is 3. The predicted molar refractivity (Wildman–Crippen MR) is 83.6 cm³/mol. The van der Waals surface area contributed by atoms with Gasteiger partial charge in [-0.15, -0.1) is 0 Å². The van der Waals surface area contributed by atoms with E-state index >= 15 is 0 Å². The van der Waals surface area contributed by atoms with Gasteiger partial charge < -0.3 is 35.5 Å². The first-order valence-electron chi connectivity index (χ1n) is 6.35. The zero-order chi connectivity index (χ0) is 20.1. The van der Waals surface area contributed by atoms with E-state index in [0.29, 0.717) is 9.80 Å². The van der Waals surface area contributed by atoms with Crippen molar-refractivity contribution < 1.29 is 46.4 Å². The molecule has 0 atom stereocenters. The molecule has 0 saturated carbocycles. The van der Waals surface area contributed by atoms with Crippen LogP contribution in [-0.4, -0.2) is 92.9 Å². The molecular formula is C8H16N6O10S2. The summed E-state index contributed by atoms with van der Waals surface area (Å²) in [5.74, 6) is -4.27. The van der Waals surface area contributed by atoms with Crippen LogP contribution in [0.5, 0.6) is 0 Å². The van der Waals surface area contributed by atoms with E-state index in [4.69, 9.17) is 19.3 Å². The van der Waals surface area contributed by atoms with E-state index in [9.17, 15) is 27.0 Å². The molecule has 0 amide bonds. The molecule has 1 heterocycles. The molecule has 1 rings (SSSR count). The Labute approximate surface area is 146 Å². The molecule has 0 fully saturated rings. The third-order valence-corrected chi connectivity index (χ3v) is 3.69. The average molecular weight is 420 g/mol. The highest BCUT2D eigenvalue weighted by Gasteiger charge is 2.23. The molecule has 0 aliphatic carbocycles. The lowest BCUT2D eigenvalue weighted by Crippen LogP contribution is -2.35. The van der Waals surface area contributed by atoms with Gasteiger partial charge in [-0.3, -0.25) is 9.11 Å². The molecule has 18 heteroatoms. The second-order valence-electron chi connectivity index (χ2n) is 4.56. The monoisotopic (exact) mass is 420 g/mol. The average Bonchev–Trinajstić information content (AvgIpc) is 2.47. The number of nitrogens with one attached hydrogen (secondary N) is 1. The quantitative estimate of drug-likeness (QED) is 0.140. The van der Waals surface area contributed by atoms with Crippen molar-refractivity contribution in [2.45, 2.75) is 6.41 Å². The van der Waals surface area contributed by atoms with E-state index in [0.717, 1.165) is 0 Å². The van der Waals surface area contributed by atoms with Crippen molar-refractivity contribution in [1.82, 2.24) is 15.0 Å². The van der Waals surface area contributed by atoms with Crippen LogP contribution in [0.3, 0.4) is 0 Å². The molecule has 1 aromatic heterocycles. The van der Waals surface area contributed by atoms with Crippen molar-refractivity contribution in [1.29, 1.82) is 0 Å². The van der Waals surface area contributed by atoms with Crippen LogP contribution in [0.4, 0.5) is 17.8 Å². The zero-order valence-electron chi connectivity index (χ0n) is 12.8. The minimum absolute atomic E-state index is 0.498. The van der Waals surface area contributed by atoms with Crippen molar-refractivity contribution in [3.05, 3.63) is 0 Å². The summed E-state index contributed by atoms with van der Waals surface area (Å²) in [5.41, 5.74) is 0. The van der Waals surface area contributed by atoms with Crippen molar-refractivity contribution in [3.8, 4) is 0 Å². The Morgan fingerprint density at radius 2 is 1.23 bits per heavy atom. The Hall–Kier alpha value is -1.93. The molecule has 0 aliphatic heterocycles. The van der Waals surface area contributed by atoms with Gasteiger partial charge in [0, 0.05) is 0 Å². The van der Waals surface area contributed by atoms with Crippen LogP contribution in [0, 0.1) is 0 Å². The second kappa shape index (κ2) is 8.64. The normalized spacial score (nSPS) is 12.3. The molecule has 26 heavy (non-hydrogen) atoms. The van der Waals surface area contributed by atoms with Gasteiger partial charge in [0.25, 0.3) is 20.2 Å². The lowest BCUT2D eigenvalue weighted by atomic mass is 10.7. The Kier molecular flexibility index (Phi) is 7.35. The Morgan fingerprint density at radius 3 is 1.50 bits per heavy atom. The maximum atomic E-state index is 11.0. The van der Waals surface area contributed by atoms with Gasteiger partial charge in [0.2, 0.25) is 24.3 Å². The number of nitrogens with zero attached hydrogens (tertiary/aromatic N) is 5. The summed E-state index contributed by atoms with van der Waals surface area (Å²) in [7, 11) is -9.28. The first kappa shape index (κ1) is 22.1. The molecule has 0 aromatic carbocycles. The largest absolute Gasteiger partial charge is 0.376 e. The third-order valence-electron chi connectivity index (χ3n) is 2.42. The Morgan fingerprint density at radius 1 is 0.846 bits per heavy atom. The number of hydrogen-bond donors (Lipinski definition) is 7. The number of hydrogen-bond acceptors (Lipinski definition) is 14. The molecular weight excluding hydrogens is 404 g/mol. The molecule has 150 valence electrons. The van der Waals surface area contributed by atoms with Gasteiger partial charge in [-0.2, -0.15) is 31.8 Å². The first-order chi connectivity index (χ1) is 11.8. The zero-order valence-corrected chi connectivity index (χ0v) is 14.4. The molecule has 0 unspecified atom stereocenters. The predicted octanol–water partition coefficient (Wildman–Crippen LogP) is -4.25. The van der Waals surface area contributed by atoms with Crippen LogP contribution in [0.1, 0.15) is 0 Å². The molecule has 0 bridgehead atoms. The number of aromatic nitrogens is 3. The van der Waals surface area contributed by atoms with E-state index in [1.807, 2.05) is 5.32 Å². The molecule has 0 saturated heterocycles. The van der Waals surface area contributed by atoms with Crippen molar-refractivity contribution in [2.24, 2.45) is 0 Å². The fraction of sp³-hybridized carbons (Fsp3) is 0.625. The first-order valence-corrected chi connectivity index (χ1v) is 9.57. The lowest BCUT2D eigenvalue weighted by molar-refractivity contribution is -0.0153. The maximum absolute atomic E-state index is 11.0. The van der Waals surface area contributed by atoms with Gasteiger partial charge in [-0.1, -0.05) is 0 Å². The van der Waals surface area contributed by atoms with Crippen LogP contribution in [-0.2, 0) is 20.2 Å². The van der Waals surface area contributed by atoms with Gasteiger partial charge in [0.1, 0.15) is 13.5 Å². The summed E-state index contributed by atoms with van der Waals surface area (Å²) >= 11 is 0. The van der Waals surface area contributed by atoms with Gasteiger partial charge in [-0.25, -0.2) is 0 Å². The van der Waals surface area contributed by atoms with Crippen molar-refractivity contribution in [3.63, 3.8) is 0 Å². The van der Waals surface area contributed by atoms with Gasteiger partial charge in [-0.05, 0) is 0 Å². The molecule has 0 spiro atoms. The summed E-state index contributed by atoms with van der Waals surface area (Å²) in [4.78, 5) is 11.7. The fourth-order valence-electron chi connectivity index (χ4n) is 1.53. The molecule has 1 aromatic rings. The topological polar surface area (TPSA) is 247 Å². The molecule has 16 nitrogen and oxygen atoms in total. The maximum Gasteiger partial charge on any atom is 0.283 e. The van der Waals surface area contributed by atoms with E-state index in [2.05, 4.69) is 15.0 Å². The smallest absolute Gasteiger partial charge is 0.283 e. The minimum Gasteiger partial charge on any atom is -0.376 e. The molecule has 7 N–H and O–H groups in total. The highest BCUT2D eigenvalue weighted by molar-refractivity contribution is 7.86. The number of rotatable bonds is 10. The van der Waals surface area contributed by atoms with E-state index in [-0.39, 0.29) is 0 Å². The summed E-state index contributed by atoms with van der Waals surface area (Å²) in [6.07, 6.45) is -2.19. The van der Waals surface area contributed by atoms with Crippen molar-refractivity contribution >= 4 is 38.1 Å². The summed E-state index contributed by atoms with van der Waals surface area (Å²) in [5, 5.41) is 38.1. The van der Waals surface area contributed by atoms with E-state index < -0.39 is 69.7 Å². The number of anilines is 3. The molecule has 0 aliphatic rings. The van der Waals surface area contributed by atoms with Crippen LogP contribution in [0.25, 0.3) is 0 Å².